The monoisotopic (exact) mass is 434 g/mol. The quantitative estimate of drug-likeness (QED) is 0.371. The maximum absolute atomic E-state index is 12.5. The molecule has 1 N–H and O–H groups in total. The Kier molecular flexibility index (Phi) is 4.89. The van der Waals surface area contributed by atoms with Gasteiger partial charge < -0.3 is 13.9 Å². The molecule has 1 aromatic carbocycles. The zero-order valence-corrected chi connectivity index (χ0v) is 15.4. The van der Waals surface area contributed by atoms with Crippen molar-refractivity contribution in [3.63, 3.8) is 0 Å². The van der Waals surface area contributed by atoms with Crippen LogP contribution in [-0.4, -0.2) is 30.6 Å². The molecule has 0 bridgehead atoms. The maximum Gasteiger partial charge on any atom is 0.534 e. The summed E-state index contributed by atoms with van der Waals surface area (Å²) in [7, 11) is -5.98. The molecular weight excluding hydrogens is 425 g/mol. The Hall–Kier alpha value is -2.93. The first kappa shape index (κ1) is 19.8. The van der Waals surface area contributed by atoms with Gasteiger partial charge in [-0.05, 0) is 19.1 Å². The summed E-state index contributed by atoms with van der Waals surface area (Å²) < 4.78 is 69.2. The number of thiophene rings is 1. The number of nitrogens with zero attached hydrogens (tertiary/aromatic N) is 1. The van der Waals surface area contributed by atoms with Gasteiger partial charge in [0.25, 0.3) is 5.89 Å². The van der Waals surface area contributed by atoms with Crippen molar-refractivity contribution < 1.29 is 39.8 Å². The molecule has 8 nitrogen and oxygen atoms in total. The number of fused-ring (bicyclic) bond motifs is 1. The van der Waals surface area contributed by atoms with Crippen LogP contribution < -0.4 is 9.50 Å². The molecule has 28 heavy (non-hydrogen) atoms. The number of nitrogens with one attached hydrogen (secondary N) is 1. The number of hydrogen-bond acceptors (Lipinski definition) is 8. The van der Waals surface area contributed by atoms with Crippen molar-refractivity contribution in [3.05, 3.63) is 41.1 Å². The highest BCUT2D eigenvalue weighted by atomic mass is 32.2. The zero-order valence-electron chi connectivity index (χ0n) is 13.7. The number of halogens is 3. The number of aromatic nitrogens is 1. The number of rotatable bonds is 5. The molecule has 0 fully saturated rings. The molecule has 0 radical (unpaired) electrons. The molecule has 0 saturated carbocycles. The summed E-state index contributed by atoms with van der Waals surface area (Å²) in [5.41, 5.74) is -5.48. The third-order valence-corrected chi connectivity index (χ3v) is 5.15. The molecule has 3 aromatic rings. The van der Waals surface area contributed by atoms with Crippen molar-refractivity contribution in [3.8, 4) is 5.75 Å². The Morgan fingerprint density at radius 1 is 1.25 bits per heavy atom. The molecule has 0 unspecified atom stereocenters. The van der Waals surface area contributed by atoms with E-state index in [1.54, 1.807) is 24.3 Å². The summed E-state index contributed by atoms with van der Waals surface area (Å²) in [6, 6.07) is 6.49. The summed E-state index contributed by atoms with van der Waals surface area (Å²) in [4.78, 5) is 28.1. The number of carbonyl (C=O) groups is 2. The van der Waals surface area contributed by atoms with Crippen molar-refractivity contribution in [1.82, 2.24) is 4.98 Å². The second-order valence-electron chi connectivity index (χ2n) is 5.28. The van der Waals surface area contributed by atoms with E-state index >= 15 is 0 Å². The molecule has 0 atom stereocenters. The normalized spacial score (nSPS) is 12.1. The highest BCUT2D eigenvalue weighted by Crippen LogP contribution is 2.38. The van der Waals surface area contributed by atoms with Crippen molar-refractivity contribution in [2.45, 2.75) is 12.4 Å². The van der Waals surface area contributed by atoms with E-state index in [1.165, 1.54) is 0 Å². The average Bonchev–Trinajstić information content (AvgIpc) is 3.17. The molecule has 0 spiro atoms. The average molecular weight is 434 g/mol. The third kappa shape index (κ3) is 3.71. The number of alkyl halides is 3. The fourth-order valence-electron chi connectivity index (χ4n) is 2.12. The van der Waals surface area contributed by atoms with Crippen LogP contribution in [0.2, 0.25) is 0 Å². The Labute approximate surface area is 159 Å². The minimum absolute atomic E-state index is 0.216. The second kappa shape index (κ2) is 6.91. The molecule has 0 saturated heterocycles. The first-order valence-corrected chi connectivity index (χ1v) is 9.58. The molecule has 2 heterocycles. The van der Waals surface area contributed by atoms with Crippen LogP contribution in [0.1, 0.15) is 28.0 Å². The number of anilines is 1. The highest BCUT2D eigenvalue weighted by Gasteiger charge is 2.49. The predicted molar refractivity (Wildman–Crippen MR) is 91.9 cm³/mol. The molecule has 2 aromatic heterocycles. The Bertz CT molecular complexity index is 1150. The van der Waals surface area contributed by atoms with Crippen molar-refractivity contribution >= 4 is 49.2 Å². The lowest BCUT2D eigenvalue weighted by Crippen LogP contribution is -2.28. The van der Waals surface area contributed by atoms with E-state index in [2.05, 4.69) is 14.5 Å². The minimum atomic E-state index is -5.98. The Morgan fingerprint density at radius 3 is 2.54 bits per heavy atom. The number of para-hydroxylation sites is 2. The maximum atomic E-state index is 12.5. The van der Waals surface area contributed by atoms with E-state index in [0.29, 0.717) is 22.4 Å². The third-order valence-electron chi connectivity index (χ3n) is 3.31. The van der Waals surface area contributed by atoms with Crippen LogP contribution >= 0.6 is 11.3 Å². The number of amides is 1. The van der Waals surface area contributed by atoms with Gasteiger partial charge in [-0.25, -0.2) is 4.98 Å². The molecule has 1 amide bonds. The topological polar surface area (TPSA) is 116 Å². The number of hydrogen-bond donors (Lipinski definition) is 1. The number of ketones is 1. The first-order chi connectivity index (χ1) is 13.0. The smallest absolute Gasteiger partial charge is 0.432 e. The van der Waals surface area contributed by atoms with E-state index in [-0.39, 0.29) is 10.9 Å². The van der Waals surface area contributed by atoms with Crippen molar-refractivity contribution in [2.75, 3.05) is 5.32 Å². The standard InChI is InChI=1S/C15H9F3N2O6S2/c1-7(21)11-10(26-28(23,24)15(16,17)18)6-27-14(11)20-12(22)13-19-8-4-2-3-5-9(8)25-13/h2-6H,1H3,(H,20,22). The lowest BCUT2D eigenvalue weighted by Gasteiger charge is -2.09. The highest BCUT2D eigenvalue weighted by molar-refractivity contribution is 7.88. The molecule has 0 aliphatic rings. The number of carbonyl (C=O) groups excluding carboxylic acids is 2. The summed E-state index contributed by atoms with van der Waals surface area (Å²) in [5.74, 6) is -2.90. The fraction of sp³-hybridized carbons (Fsp3) is 0.133. The van der Waals surface area contributed by atoms with E-state index in [4.69, 9.17) is 4.42 Å². The van der Waals surface area contributed by atoms with Crippen LogP contribution in [0.4, 0.5) is 18.2 Å². The lowest BCUT2D eigenvalue weighted by atomic mass is 10.2. The summed E-state index contributed by atoms with van der Waals surface area (Å²) in [6.45, 7) is 0.976. The molecule has 0 aliphatic heterocycles. The van der Waals surface area contributed by atoms with Crippen LogP contribution in [0.15, 0.2) is 34.1 Å². The van der Waals surface area contributed by atoms with Gasteiger partial charge in [0.1, 0.15) is 10.5 Å². The van der Waals surface area contributed by atoms with Gasteiger partial charge in [0.2, 0.25) is 0 Å². The Balaban J connectivity index is 1.91. The summed E-state index contributed by atoms with van der Waals surface area (Å²) in [6.07, 6.45) is 0. The van der Waals surface area contributed by atoms with Gasteiger partial charge in [-0.2, -0.15) is 21.6 Å². The first-order valence-electron chi connectivity index (χ1n) is 7.29. The van der Waals surface area contributed by atoms with Crippen LogP contribution in [0.5, 0.6) is 5.75 Å². The van der Waals surface area contributed by atoms with Gasteiger partial charge in [-0.1, -0.05) is 12.1 Å². The van der Waals surface area contributed by atoms with Gasteiger partial charge in [0.05, 0.1) is 5.56 Å². The van der Waals surface area contributed by atoms with Crippen LogP contribution in [0, 0.1) is 0 Å². The minimum Gasteiger partial charge on any atom is -0.432 e. The van der Waals surface area contributed by atoms with E-state index < -0.39 is 38.6 Å². The van der Waals surface area contributed by atoms with Crippen molar-refractivity contribution in [2.24, 2.45) is 0 Å². The molecular formula is C15H9F3N2O6S2. The Morgan fingerprint density at radius 2 is 1.93 bits per heavy atom. The number of Topliss-reactive ketones (excluding diaryl/α,β-unsaturated/α-hetero) is 1. The summed E-state index contributed by atoms with van der Waals surface area (Å²) >= 11 is 0.607. The molecule has 0 aliphatic carbocycles. The molecule has 13 heteroatoms. The van der Waals surface area contributed by atoms with Gasteiger partial charge >= 0.3 is 21.5 Å². The SMILES string of the molecule is CC(=O)c1c(OS(=O)(=O)C(F)(F)F)csc1NC(=O)c1nc2ccccc2o1. The van der Waals surface area contributed by atoms with E-state index in [1.807, 2.05) is 0 Å². The van der Waals surface area contributed by atoms with E-state index in [0.717, 1.165) is 12.3 Å². The molecule has 3 rings (SSSR count). The largest absolute Gasteiger partial charge is 0.534 e. The zero-order chi connectivity index (χ0) is 20.7. The summed E-state index contributed by atoms with van der Waals surface area (Å²) in [5, 5.41) is 2.91. The van der Waals surface area contributed by atoms with Gasteiger partial charge in [0.15, 0.2) is 17.1 Å². The van der Waals surface area contributed by atoms with E-state index in [9.17, 15) is 31.2 Å². The molecule has 148 valence electrons. The van der Waals surface area contributed by atoms with Gasteiger partial charge in [0, 0.05) is 5.38 Å². The van der Waals surface area contributed by atoms with Gasteiger partial charge in [-0.3, -0.25) is 9.59 Å². The van der Waals surface area contributed by atoms with Crippen molar-refractivity contribution in [1.29, 1.82) is 0 Å². The number of oxazole rings is 1. The lowest BCUT2D eigenvalue weighted by molar-refractivity contribution is -0.0500. The van der Waals surface area contributed by atoms with Crippen LogP contribution in [0.25, 0.3) is 11.1 Å². The predicted octanol–water partition coefficient (Wildman–Crippen LogP) is 3.57. The number of benzene rings is 1. The van der Waals surface area contributed by atoms with Crippen LogP contribution in [0.3, 0.4) is 0 Å². The fourth-order valence-corrected chi connectivity index (χ4v) is 3.55. The van der Waals surface area contributed by atoms with Crippen LogP contribution in [-0.2, 0) is 10.1 Å². The van der Waals surface area contributed by atoms with Gasteiger partial charge in [-0.15, -0.1) is 11.3 Å². The second-order valence-corrected chi connectivity index (χ2v) is 7.70.